The molecule has 0 spiro atoms. The summed E-state index contributed by atoms with van der Waals surface area (Å²) in [4.78, 5) is 16.8. The predicted molar refractivity (Wildman–Crippen MR) is 107 cm³/mol. The van der Waals surface area contributed by atoms with Gasteiger partial charge in [0.15, 0.2) is 0 Å². The number of hydrogen-bond acceptors (Lipinski definition) is 3. The largest absolute Gasteiger partial charge is 0.380 e. The van der Waals surface area contributed by atoms with Crippen LogP contribution in [-0.2, 0) is 24.4 Å². The van der Waals surface area contributed by atoms with E-state index in [-0.39, 0.29) is 6.03 Å². The number of methoxy groups -OCH3 is 1. The minimum absolute atomic E-state index is 0.0115. The molecule has 3 rings (SSSR count). The molecule has 2 amide bonds. The van der Waals surface area contributed by atoms with Crippen molar-refractivity contribution >= 4 is 6.03 Å². The van der Waals surface area contributed by atoms with Crippen LogP contribution >= 0.6 is 0 Å². The second-order valence-corrected chi connectivity index (χ2v) is 7.11. The number of aryl methyl sites for hydroxylation is 1. The normalized spacial score (nSPS) is 15.0. The van der Waals surface area contributed by atoms with Gasteiger partial charge in [0, 0.05) is 46.4 Å². The highest BCUT2D eigenvalue weighted by Gasteiger charge is 2.21. The zero-order chi connectivity index (χ0) is 19.1. The lowest BCUT2D eigenvalue weighted by atomic mass is 10.1. The van der Waals surface area contributed by atoms with Gasteiger partial charge < -0.3 is 15.0 Å². The Morgan fingerprint density at radius 1 is 1.04 bits per heavy atom. The molecule has 27 heavy (non-hydrogen) atoms. The Morgan fingerprint density at radius 3 is 2.48 bits per heavy atom. The molecule has 144 valence electrons. The summed E-state index contributed by atoms with van der Waals surface area (Å²) in [5.74, 6) is 0. The monoisotopic (exact) mass is 367 g/mol. The molecule has 5 nitrogen and oxygen atoms in total. The molecule has 0 radical (unpaired) electrons. The molecule has 0 bridgehead atoms. The van der Waals surface area contributed by atoms with Crippen molar-refractivity contribution in [3.05, 3.63) is 70.8 Å². The maximum Gasteiger partial charge on any atom is 0.317 e. The molecular formula is C22H29N3O2. The van der Waals surface area contributed by atoms with Gasteiger partial charge in [-0.3, -0.25) is 4.90 Å². The van der Waals surface area contributed by atoms with Crippen molar-refractivity contribution in [2.75, 3.05) is 33.3 Å². The summed E-state index contributed by atoms with van der Waals surface area (Å²) in [6.07, 6.45) is 0. The molecule has 0 unspecified atom stereocenters. The maximum absolute atomic E-state index is 12.5. The molecule has 0 saturated carbocycles. The lowest BCUT2D eigenvalue weighted by molar-refractivity contribution is 0.135. The van der Waals surface area contributed by atoms with Gasteiger partial charge in [-0.1, -0.05) is 54.1 Å². The van der Waals surface area contributed by atoms with Gasteiger partial charge in [0.2, 0.25) is 0 Å². The Morgan fingerprint density at radius 2 is 1.78 bits per heavy atom. The fourth-order valence-corrected chi connectivity index (χ4v) is 3.49. The van der Waals surface area contributed by atoms with Crippen molar-refractivity contribution in [2.24, 2.45) is 0 Å². The van der Waals surface area contributed by atoms with Crippen LogP contribution in [0.25, 0.3) is 0 Å². The number of benzene rings is 2. The van der Waals surface area contributed by atoms with E-state index in [9.17, 15) is 4.79 Å². The van der Waals surface area contributed by atoms with Crippen molar-refractivity contribution in [1.29, 1.82) is 0 Å². The topological polar surface area (TPSA) is 44.8 Å². The Balaban J connectivity index is 1.46. The molecule has 0 atom stereocenters. The summed E-state index contributed by atoms with van der Waals surface area (Å²) < 4.78 is 5.23. The maximum atomic E-state index is 12.5. The average molecular weight is 367 g/mol. The number of carbonyl (C=O) groups is 1. The number of rotatable bonds is 6. The molecule has 1 fully saturated rings. The number of amides is 2. The molecule has 2 aromatic rings. The molecule has 1 saturated heterocycles. The number of nitrogens with zero attached hydrogens (tertiary/aromatic N) is 2. The molecule has 1 aliphatic rings. The number of urea groups is 1. The smallest absolute Gasteiger partial charge is 0.317 e. The van der Waals surface area contributed by atoms with Crippen LogP contribution in [-0.4, -0.2) is 49.1 Å². The standard InChI is InChI=1S/C22H29N3O2/c1-18-6-5-7-19(14-18)16-24-10-12-25(13-11-24)22(26)23-15-20-8-3-4-9-21(20)17-27-2/h3-9,14H,10-13,15-17H2,1-2H3,(H,23,26). The minimum Gasteiger partial charge on any atom is -0.380 e. The van der Waals surface area contributed by atoms with Gasteiger partial charge in [-0.05, 0) is 23.6 Å². The van der Waals surface area contributed by atoms with Crippen LogP contribution in [0.4, 0.5) is 4.79 Å². The van der Waals surface area contributed by atoms with Crippen LogP contribution in [0.15, 0.2) is 48.5 Å². The molecule has 1 heterocycles. The first kappa shape index (κ1) is 19.4. The first-order chi connectivity index (χ1) is 13.2. The van der Waals surface area contributed by atoms with Gasteiger partial charge in [0.05, 0.1) is 6.61 Å². The molecule has 1 aliphatic heterocycles. The third-order valence-corrected chi connectivity index (χ3v) is 5.00. The molecule has 0 aromatic heterocycles. The Bertz CT molecular complexity index is 755. The highest BCUT2D eigenvalue weighted by Crippen LogP contribution is 2.12. The van der Waals surface area contributed by atoms with E-state index in [4.69, 9.17) is 4.74 Å². The average Bonchev–Trinajstić information content (AvgIpc) is 2.68. The van der Waals surface area contributed by atoms with Gasteiger partial charge in [-0.25, -0.2) is 4.79 Å². The highest BCUT2D eigenvalue weighted by atomic mass is 16.5. The van der Waals surface area contributed by atoms with Gasteiger partial charge in [-0.15, -0.1) is 0 Å². The SMILES string of the molecule is COCc1ccccc1CNC(=O)N1CCN(Cc2cccc(C)c2)CC1. The number of carbonyl (C=O) groups excluding carboxylic acids is 1. The highest BCUT2D eigenvalue weighted by molar-refractivity contribution is 5.74. The first-order valence-electron chi connectivity index (χ1n) is 9.52. The first-order valence-corrected chi connectivity index (χ1v) is 9.52. The molecule has 0 aliphatic carbocycles. The second kappa shape index (κ2) is 9.53. The van der Waals surface area contributed by atoms with Crippen LogP contribution < -0.4 is 5.32 Å². The lowest BCUT2D eigenvalue weighted by Gasteiger charge is -2.34. The van der Waals surface area contributed by atoms with Crippen molar-refractivity contribution in [3.8, 4) is 0 Å². The number of ether oxygens (including phenoxy) is 1. The summed E-state index contributed by atoms with van der Waals surface area (Å²) in [7, 11) is 1.69. The van der Waals surface area contributed by atoms with Gasteiger partial charge in [-0.2, -0.15) is 0 Å². The molecule has 1 N–H and O–H groups in total. The zero-order valence-electron chi connectivity index (χ0n) is 16.3. The van der Waals surface area contributed by atoms with E-state index in [1.165, 1.54) is 11.1 Å². The summed E-state index contributed by atoms with van der Waals surface area (Å²) in [6, 6.07) is 16.7. The summed E-state index contributed by atoms with van der Waals surface area (Å²) in [5, 5.41) is 3.05. The van der Waals surface area contributed by atoms with Gasteiger partial charge in [0.25, 0.3) is 0 Å². The van der Waals surface area contributed by atoms with Gasteiger partial charge >= 0.3 is 6.03 Å². The van der Waals surface area contributed by atoms with E-state index >= 15 is 0 Å². The molecular weight excluding hydrogens is 338 g/mol. The van der Waals surface area contributed by atoms with E-state index in [2.05, 4.69) is 41.4 Å². The fourth-order valence-electron chi connectivity index (χ4n) is 3.49. The van der Waals surface area contributed by atoms with E-state index in [0.29, 0.717) is 13.2 Å². The van der Waals surface area contributed by atoms with Crippen molar-refractivity contribution in [2.45, 2.75) is 26.6 Å². The Hall–Kier alpha value is -2.37. The van der Waals surface area contributed by atoms with Gasteiger partial charge in [0.1, 0.15) is 0 Å². The lowest BCUT2D eigenvalue weighted by Crippen LogP contribution is -2.51. The predicted octanol–water partition coefficient (Wildman–Crippen LogP) is 3.17. The Kier molecular flexibility index (Phi) is 6.85. The summed E-state index contributed by atoms with van der Waals surface area (Å²) in [5.41, 5.74) is 4.84. The van der Waals surface area contributed by atoms with E-state index < -0.39 is 0 Å². The van der Waals surface area contributed by atoms with E-state index in [1.54, 1.807) is 7.11 Å². The molecule has 2 aromatic carbocycles. The van der Waals surface area contributed by atoms with Crippen molar-refractivity contribution in [3.63, 3.8) is 0 Å². The Labute approximate surface area is 161 Å². The number of nitrogens with one attached hydrogen (secondary N) is 1. The third kappa shape index (κ3) is 5.55. The van der Waals surface area contributed by atoms with Crippen LogP contribution in [0, 0.1) is 6.92 Å². The van der Waals surface area contributed by atoms with Crippen LogP contribution in [0.5, 0.6) is 0 Å². The van der Waals surface area contributed by atoms with Crippen LogP contribution in [0.2, 0.25) is 0 Å². The number of hydrogen-bond donors (Lipinski definition) is 1. The van der Waals surface area contributed by atoms with E-state index in [0.717, 1.165) is 43.9 Å². The van der Waals surface area contributed by atoms with Crippen LogP contribution in [0.3, 0.4) is 0 Å². The summed E-state index contributed by atoms with van der Waals surface area (Å²) >= 11 is 0. The minimum atomic E-state index is 0.0115. The van der Waals surface area contributed by atoms with Crippen LogP contribution in [0.1, 0.15) is 22.3 Å². The summed E-state index contributed by atoms with van der Waals surface area (Å²) in [6.45, 7) is 7.49. The molecule has 5 heteroatoms. The fraction of sp³-hybridized carbons (Fsp3) is 0.409. The van der Waals surface area contributed by atoms with Crippen molar-refractivity contribution in [1.82, 2.24) is 15.1 Å². The van der Waals surface area contributed by atoms with E-state index in [1.807, 2.05) is 29.2 Å². The zero-order valence-corrected chi connectivity index (χ0v) is 16.3. The third-order valence-electron chi connectivity index (χ3n) is 5.00. The quantitative estimate of drug-likeness (QED) is 0.853. The second-order valence-electron chi connectivity index (χ2n) is 7.11. The number of piperazine rings is 1. The van der Waals surface area contributed by atoms with Crippen molar-refractivity contribution < 1.29 is 9.53 Å².